The van der Waals surface area contributed by atoms with Crippen molar-refractivity contribution in [3.8, 4) is 11.1 Å². The first kappa shape index (κ1) is 23.0. The fourth-order valence-corrected chi connectivity index (χ4v) is 4.08. The second-order valence-corrected chi connectivity index (χ2v) is 8.21. The van der Waals surface area contributed by atoms with Crippen LogP contribution in [-0.2, 0) is 19.4 Å². The van der Waals surface area contributed by atoms with Crippen molar-refractivity contribution in [1.29, 1.82) is 0 Å². The van der Waals surface area contributed by atoms with Crippen LogP contribution in [0, 0.1) is 0 Å². The third kappa shape index (κ3) is 4.91. The molecule has 0 aliphatic carbocycles. The summed E-state index contributed by atoms with van der Waals surface area (Å²) in [6.45, 7) is 2.37. The molecule has 4 aromatic rings. The molecule has 6 heteroatoms. The van der Waals surface area contributed by atoms with Crippen LogP contribution in [0.25, 0.3) is 11.1 Å². The van der Waals surface area contributed by atoms with E-state index in [2.05, 4.69) is 0 Å². The highest BCUT2D eigenvalue weighted by Gasteiger charge is 2.17. The van der Waals surface area contributed by atoms with E-state index in [0.717, 1.165) is 28.8 Å². The van der Waals surface area contributed by atoms with E-state index in [4.69, 9.17) is 0 Å². The fraction of sp³-hybridized carbons (Fsp3) is 0.179. The van der Waals surface area contributed by atoms with Crippen molar-refractivity contribution < 1.29 is 14.7 Å². The van der Waals surface area contributed by atoms with Gasteiger partial charge in [-0.25, -0.2) is 14.2 Å². The van der Waals surface area contributed by atoms with Crippen molar-refractivity contribution in [2.24, 2.45) is 0 Å². The Morgan fingerprint density at radius 2 is 1.53 bits per heavy atom. The van der Waals surface area contributed by atoms with Gasteiger partial charge in [0.25, 0.3) is 0 Å². The lowest BCUT2D eigenvalue weighted by atomic mass is 9.99. The first-order chi connectivity index (χ1) is 16.5. The van der Waals surface area contributed by atoms with Gasteiger partial charge in [-0.2, -0.15) is 0 Å². The molecule has 3 aromatic carbocycles. The summed E-state index contributed by atoms with van der Waals surface area (Å²) in [5, 5.41) is 9.46. The van der Waals surface area contributed by atoms with Gasteiger partial charge >= 0.3 is 11.7 Å². The van der Waals surface area contributed by atoms with Crippen LogP contribution in [0.5, 0.6) is 0 Å². The van der Waals surface area contributed by atoms with Crippen molar-refractivity contribution in [2.45, 2.75) is 32.7 Å². The normalized spacial score (nSPS) is 10.9. The molecule has 0 fully saturated rings. The highest BCUT2D eigenvalue weighted by Crippen LogP contribution is 2.24. The van der Waals surface area contributed by atoms with Crippen molar-refractivity contribution in [3.05, 3.63) is 118 Å². The predicted octanol–water partition coefficient (Wildman–Crippen LogP) is 4.90. The van der Waals surface area contributed by atoms with E-state index in [-0.39, 0.29) is 23.6 Å². The van der Waals surface area contributed by atoms with E-state index >= 15 is 0 Å². The summed E-state index contributed by atoms with van der Waals surface area (Å²) < 4.78 is 2.86. The second kappa shape index (κ2) is 10.2. The molecule has 6 nitrogen and oxygen atoms in total. The van der Waals surface area contributed by atoms with Crippen molar-refractivity contribution >= 4 is 11.9 Å². The minimum Gasteiger partial charge on any atom is -0.478 e. The molecular weight excluding hydrogens is 428 g/mol. The minimum atomic E-state index is -0.975. The minimum absolute atomic E-state index is 0.161. The Kier molecular flexibility index (Phi) is 6.87. The quantitative estimate of drug-likeness (QED) is 0.411. The third-order valence-electron chi connectivity index (χ3n) is 5.80. The number of carboxylic acid groups (broad SMARTS) is 1. The van der Waals surface area contributed by atoms with E-state index in [1.165, 1.54) is 4.57 Å². The monoisotopic (exact) mass is 454 g/mol. The van der Waals surface area contributed by atoms with E-state index in [1.807, 2.05) is 61.5 Å². The van der Waals surface area contributed by atoms with Crippen molar-refractivity contribution in [3.63, 3.8) is 0 Å². The van der Waals surface area contributed by atoms with Gasteiger partial charge in [0.1, 0.15) is 0 Å². The zero-order valence-corrected chi connectivity index (χ0v) is 19.0. The lowest BCUT2D eigenvalue weighted by Gasteiger charge is -2.09. The van der Waals surface area contributed by atoms with Crippen LogP contribution in [0.15, 0.2) is 89.9 Å². The van der Waals surface area contributed by atoms with E-state index in [0.29, 0.717) is 18.5 Å². The number of benzene rings is 3. The summed E-state index contributed by atoms with van der Waals surface area (Å²) in [5.74, 6) is -1.23. The van der Waals surface area contributed by atoms with E-state index in [1.54, 1.807) is 35.0 Å². The molecule has 0 aliphatic heterocycles. The molecule has 1 N–H and O–H groups in total. The number of aromatic nitrogens is 2. The third-order valence-corrected chi connectivity index (χ3v) is 5.80. The first-order valence-corrected chi connectivity index (χ1v) is 11.3. The largest absolute Gasteiger partial charge is 0.478 e. The molecule has 1 heterocycles. The Labute approximate surface area is 197 Å². The van der Waals surface area contributed by atoms with Gasteiger partial charge in [0.15, 0.2) is 0 Å². The number of hydrogen-bond donors (Lipinski definition) is 1. The van der Waals surface area contributed by atoms with Gasteiger partial charge in [-0.05, 0) is 34.7 Å². The number of carboxylic acids is 1. The SMILES string of the molecule is CCCc1cn(C(=O)Cc2ccccc2)c(=O)n1Cc1ccc(-c2ccccc2C(=O)O)cc1. The van der Waals surface area contributed by atoms with Crippen molar-refractivity contribution in [2.75, 3.05) is 0 Å². The molecular formula is C28H26N2O4. The van der Waals surface area contributed by atoms with Gasteiger partial charge in [-0.15, -0.1) is 0 Å². The number of imidazole rings is 1. The smallest absolute Gasteiger partial charge is 0.336 e. The molecule has 0 unspecified atom stereocenters. The van der Waals surface area contributed by atoms with Crippen LogP contribution in [-0.4, -0.2) is 26.1 Å². The van der Waals surface area contributed by atoms with Gasteiger partial charge < -0.3 is 5.11 Å². The number of nitrogens with zero attached hydrogens (tertiary/aromatic N) is 2. The maximum atomic E-state index is 13.1. The Morgan fingerprint density at radius 1 is 0.853 bits per heavy atom. The highest BCUT2D eigenvalue weighted by atomic mass is 16.4. The number of hydrogen-bond acceptors (Lipinski definition) is 3. The lowest BCUT2D eigenvalue weighted by Crippen LogP contribution is -2.30. The molecule has 0 saturated carbocycles. The molecule has 34 heavy (non-hydrogen) atoms. The molecule has 172 valence electrons. The number of aromatic carboxylic acids is 1. The van der Waals surface area contributed by atoms with Crippen LogP contribution < -0.4 is 5.69 Å². The predicted molar refractivity (Wildman–Crippen MR) is 131 cm³/mol. The second-order valence-electron chi connectivity index (χ2n) is 8.21. The van der Waals surface area contributed by atoms with Crippen LogP contribution in [0.1, 0.15) is 45.3 Å². The number of carbonyl (C=O) groups excluding carboxylic acids is 1. The zero-order chi connectivity index (χ0) is 24.1. The molecule has 0 bridgehead atoms. The van der Waals surface area contributed by atoms with Crippen molar-refractivity contribution in [1.82, 2.24) is 9.13 Å². The van der Waals surface area contributed by atoms with E-state index < -0.39 is 5.97 Å². The van der Waals surface area contributed by atoms with E-state index in [9.17, 15) is 19.5 Å². The van der Waals surface area contributed by atoms with Gasteiger partial charge in [-0.1, -0.05) is 86.1 Å². The Bertz CT molecular complexity index is 1370. The fourth-order valence-electron chi connectivity index (χ4n) is 4.08. The summed E-state index contributed by atoms with van der Waals surface area (Å²) in [6, 6.07) is 23.7. The van der Waals surface area contributed by atoms with Gasteiger partial charge in [0.2, 0.25) is 5.91 Å². The Hall–Kier alpha value is -4.19. The number of carbonyl (C=O) groups is 2. The molecule has 0 spiro atoms. The van der Waals surface area contributed by atoms with Gasteiger partial charge in [0.05, 0.1) is 18.5 Å². The van der Waals surface area contributed by atoms with Gasteiger partial charge in [0, 0.05) is 11.9 Å². The molecule has 4 rings (SSSR count). The van der Waals surface area contributed by atoms with Gasteiger partial charge in [-0.3, -0.25) is 9.36 Å². The molecule has 0 saturated heterocycles. The average Bonchev–Trinajstić information content (AvgIpc) is 3.15. The molecule has 0 radical (unpaired) electrons. The maximum absolute atomic E-state index is 13.1. The first-order valence-electron chi connectivity index (χ1n) is 11.3. The number of rotatable bonds is 8. The summed E-state index contributed by atoms with van der Waals surface area (Å²) in [6.07, 6.45) is 3.36. The van der Waals surface area contributed by atoms with Crippen LogP contribution in [0.2, 0.25) is 0 Å². The molecule has 0 amide bonds. The topological polar surface area (TPSA) is 81.3 Å². The summed E-state index contributed by atoms with van der Waals surface area (Å²) >= 11 is 0. The number of aryl methyl sites for hydroxylation is 1. The summed E-state index contributed by atoms with van der Waals surface area (Å²) in [5.41, 5.74) is 3.90. The maximum Gasteiger partial charge on any atom is 0.336 e. The summed E-state index contributed by atoms with van der Waals surface area (Å²) in [4.78, 5) is 37.5. The highest BCUT2D eigenvalue weighted by molar-refractivity contribution is 5.96. The lowest BCUT2D eigenvalue weighted by molar-refractivity contribution is 0.0697. The van der Waals surface area contributed by atoms with Crippen LogP contribution >= 0.6 is 0 Å². The van der Waals surface area contributed by atoms with Crippen LogP contribution in [0.3, 0.4) is 0 Å². The molecule has 0 atom stereocenters. The van der Waals surface area contributed by atoms with Crippen LogP contribution in [0.4, 0.5) is 0 Å². The average molecular weight is 455 g/mol. The molecule has 0 aliphatic rings. The Balaban J connectivity index is 1.61. The Morgan fingerprint density at radius 3 is 2.21 bits per heavy atom. The summed E-state index contributed by atoms with van der Waals surface area (Å²) in [7, 11) is 0. The zero-order valence-electron chi connectivity index (χ0n) is 19.0. The standard InChI is InChI=1S/C28H26N2O4/c1-2-8-23-19-30(26(31)17-20-9-4-3-5-10-20)28(34)29(23)18-21-13-15-22(16-14-21)24-11-6-7-12-25(24)27(32)33/h3-7,9-16,19H,2,8,17-18H2,1H3,(H,32,33). The molecule has 1 aromatic heterocycles.